The van der Waals surface area contributed by atoms with Gasteiger partial charge in [0.1, 0.15) is 5.82 Å². The van der Waals surface area contributed by atoms with Crippen LogP contribution in [-0.2, 0) is 4.79 Å². The second kappa shape index (κ2) is 8.61. The minimum atomic E-state index is -0.0876. The van der Waals surface area contributed by atoms with Gasteiger partial charge in [0, 0.05) is 17.4 Å². The number of carbonyl (C=O) groups is 1. The summed E-state index contributed by atoms with van der Waals surface area (Å²) in [4.78, 5) is 13.5. The molecule has 4 rings (SSSR count). The first-order valence-electron chi connectivity index (χ1n) is 9.54. The third kappa shape index (κ3) is 4.74. The Kier molecular flexibility index (Phi) is 5.76. The van der Waals surface area contributed by atoms with Crippen LogP contribution < -0.4 is 14.8 Å². The summed E-state index contributed by atoms with van der Waals surface area (Å²) in [6.45, 7) is 5.25. The first-order valence-corrected chi connectivity index (χ1v) is 10.5. The zero-order valence-corrected chi connectivity index (χ0v) is 17.3. The van der Waals surface area contributed by atoms with Gasteiger partial charge in [-0.05, 0) is 44.2 Å². The fraction of sp³-hybridized carbons (Fsp3) is 0.273. The van der Waals surface area contributed by atoms with Gasteiger partial charge in [0.2, 0.25) is 5.91 Å². The van der Waals surface area contributed by atoms with Crippen molar-refractivity contribution in [2.75, 3.05) is 24.3 Å². The molecular formula is C22H23N3O3S. The SMILES string of the molecule is Cc1ccc(-n2nc(C)cc2NC(=O)CSc2ccc3c(c2)OCCCO3)cc1. The van der Waals surface area contributed by atoms with Crippen LogP contribution in [0, 0.1) is 13.8 Å². The number of thioether (sulfide) groups is 1. The molecule has 150 valence electrons. The predicted octanol–water partition coefficient (Wildman–Crippen LogP) is 4.38. The summed E-state index contributed by atoms with van der Waals surface area (Å²) in [5.41, 5.74) is 2.93. The highest BCUT2D eigenvalue weighted by molar-refractivity contribution is 8.00. The van der Waals surface area contributed by atoms with E-state index in [0.29, 0.717) is 19.0 Å². The lowest BCUT2D eigenvalue weighted by atomic mass is 10.2. The highest BCUT2D eigenvalue weighted by atomic mass is 32.2. The fourth-order valence-corrected chi connectivity index (χ4v) is 3.76. The van der Waals surface area contributed by atoms with E-state index in [2.05, 4.69) is 10.4 Å². The van der Waals surface area contributed by atoms with Gasteiger partial charge in [-0.1, -0.05) is 17.7 Å². The first-order chi connectivity index (χ1) is 14.1. The number of fused-ring (bicyclic) bond motifs is 1. The summed E-state index contributed by atoms with van der Waals surface area (Å²) in [7, 11) is 0. The molecule has 29 heavy (non-hydrogen) atoms. The van der Waals surface area contributed by atoms with Crippen LogP contribution in [0.15, 0.2) is 53.4 Å². The van der Waals surface area contributed by atoms with Crippen LogP contribution in [0.25, 0.3) is 5.69 Å². The Morgan fingerprint density at radius 3 is 2.62 bits per heavy atom. The first kappa shape index (κ1) is 19.4. The molecule has 1 aliphatic heterocycles. The van der Waals surface area contributed by atoms with Gasteiger partial charge < -0.3 is 14.8 Å². The normalized spacial score (nSPS) is 13.0. The van der Waals surface area contributed by atoms with Crippen molar-refractivity contribution in [3.05, 3.63) is 59.8 Å². The monoisotopic (exact) mass is 409 g/mol. The number of carbonyl (C=O) groups excluding carboxylic acids is 1. The van der Waals surface area contributed by atoms with Gasteiger partial charge in [0.05, 0.1) is 30.3 Å². The second-order valence-electron chi connectivity index (χ2n) is 6.91. The minimum Gasteiger partial charge on any atom is -0.490 e. The summed E-state index contributed by atoms with van der Waals surface area (Å²) in [6, 6.07) is 15.7. The Morgan fingerprint density at radius 2 is 1.83 bits per heavy atom. The van der Waals surface area contributed by atoms with Crippen LogP contribution in [0.1, 0.15) is 17.7 Å². The van der Waals surface area contributed by atoms with E-state index in [4.69, 9.17) is 9.47 Å². The summed E-state index contributed by atoms with van der Waals surface area (Å²) in [6.07, 6.45) is 0.869. The van der Waals surface area contributed by atoms with Crippen LogP contribution in [-0.4, -0.2) is 34.7 Å². The second-order valence-corrected chi connectivity index (χ2v) is 7.96. The molecule has 0 spiro atoms. The molecule has 1 amide bonds. The smallest absolute Gasteiger partial charge is 0.235 e. The standard InChI is InChI=1S/C22H23N3O3S/c1-15-4-6-17(7-5-15)25-21(12-16(2)24-25)23-22(26)14-29-18-8-9-19-20(13-18)28-11-3-10-27-19/h4-9,12-13H,3,10-11,14H2,1-2H3,(H,23,26). The topological polar surface area (TPSA) is 65.4 Å². The molecule has 0 saturated carbocycles. The molecule has 3 aromatic rings. The Hall–Kier alpha value is -2.93. The van der Waals surface area contributed by atoms with Crippen molar-refractivity contribution in [2.45, 2.75) is 25.2 Å². The number of aromatic nitrogens is 2. The van der Waals surface area contributed by atoms with E-state index < -0.39 is 0 Å². The largest absolute Gasteiger partial charge is 0.490 e. The molecule has 6 nitrogen and oxygen atoms in total. The molecule has 0 unspecified atom stereocenters. The van der Waals surface area contributed by atoms with Crippen LogP contribution >= 0.6 is 11.8 Å². The number of aryl methyl sites for hydroxylation is 2. The Bertz CT molecular complexity index is 1010. The molecular weight excluding hydrogens is 386 g/mol. The molecule has 0 aliphatic carbocycles. The third-order valence-electron chi connectivity index (χ3n) is 4.47. The molecule has 2 heterocycles. The Balaban J connectivity index is 1.42. The van der Waals surface area contributed by atoms with Crippen molar-refractivity contribution in [1.82, 2.24) is 9.78 Å². The van der Waals surface area contributed by atoms with E-state index in [-0.39, 0.29) is 11.7 Å². The van der Waals surface area contributed by atoms with Gasteiger partial charge in [0.15, 0.2) is 11.5 Å². The van der Waals surface area contributed by atoms with Gasteiger partial charge in [0.25, 0.3) is 0 Å². The molecule has 1 N–H and O–H groups in total. The van der Waals surface area contributed by atoms with Crippen LogP contribution in [0.4, 0.5) is 5.82 Å². The number of amides is 1. The van der Waals surface area contributed by atoms with Crippen LogP contribution in [0.3, 0.4) is 0 Å². The number of rotatable bonds is 5. The minimum absolute atomic E-state index is 0.0876. The van der Waals surface area contributed by atoms with E-state index in [1.54, 1.807) is 4.68 Å². The molecule has 1 aliphatic rings. The number of benzene rings is 2. The molecule has 0 bridgehead atoms. The summed E-state index contributed by atoms with van der Waals surface area (Å²) >= 11 is 1.46. The van der Waals surface area contributed by atoms with Crippen molar-refractivity contribution in [1.29, 1.82) is 0 Å². The van der Waals surface area contributed by atoms with Gasteiger partial charge in [-0.15, -0.1) is 11.8 Å². The Labute approximate surface area is 174 Å². The zero-order chi connectivity index (χ0) is 20.2. The lowest BCUT2D eigenvalue weighted by Gasteiger charge is -2.10. The number of nitrogens with one attached hydrogen (secondary N) is 1. The molecule has 0 atom stereocenters. The summed E-state index contributed by atoms with van der Waals surface area (Å²) < 4.78 is 13.1. The number of hydrogen-bond donors (Lipinski definition) is 1. The van der Waals surface area contributed by atoms with E-state index >= 15 is 0 Å². The maximum absolute atomic E-state index is 12.5. The summed E-state index contributed by atoms with van der Waals surface area (Å²) in [5.74, 6) is 2.36. The average molecular weight is 410 g/mol. The maximum atomic E-state index is 12.5. The fourth-order valence-electron chi connectivity index (χ4n) is 3.03. The highest BCUT2D eigenvalue weighted by Gasteiger charge is 2.14. The summed E-state index contributed by atoms with van der Waals surface area (Å²) in [5, 5.41) is 7.48. The molecule has 1 aromatic heterocycles. The van der Waals surface area contributed by atoms with E-state index in [1.165, 1.54) is 17.3 Å². The van der Waals surface area contributed by atoms with Gasteiger partial charge in [-0.2, -0.15) is 5.10 Å². The number of hydrogen-bond acceptors (Lipinski definition) is 5. The molecule has 0 saturated heterocycles. The van der Waals surface area contributed by atoms with Crippen molar-refractivity contribution in [2.24, 2.45) is 0 Å². The molecule has 0 radical (unpaired) electrons. The maximum Gasteiger partial charge on any atom is 0.235 e. The molecule has 7 heteroatoms. The van der Waals surface area contributed by atoms with E-state index in [0.717, 1.165) is 34.2 Å². The zero-order valence-electron chi connectivity index (χ0n) is 16.5. The van der Waals surface area contributed by atoms with Crippen molar-refractivity contribution in [3.8, 4) is 17.2 Å². The highest BCUT2D eigenvalue weighted by Crippen LogP contribution is 2.34. The average Bonchev–Trinajstić information content (AvgIpc) is 2.92. The molecule has 0 fully saturated rings. The quantitative estimate of drug-likeness (QED) is 0.634. The van der Waals surface area contributed by atoms with Gasteiger partial charge in [-0.3, -0.25) is 4.79 Å². The van der Waals surface area contributed by atoms with Gasteiger partial charge in [-0.25, -0.2) is 4.68 Å². The number of nitrogens with zero attached hydrogens (tertiary/aromatic N) is 2. The van der Waals surface area contributed by atoms with Crippen molar-refractivity contribution < 1.29 is 14.3 Å². The van der Waals surface area contributed by atoms with Crippen molar-refractivity contribution >= 4 is 23.5 Å². The third-order valence-corrected chi connectivity index (χ3v) is 5.46. The lowest BCUT2D eigenvalue weighted by Crippen LogP contribution is -2.17. The predicted molar refractivity (Wildman–Crippen MR) is 114 cm³/mol. The van der Waals surface area contributed by atoms with Crippen molar-refractivity contribution in [3.63, 3.8) is 0 Å². The van der Waals surface area contributed by atoms with E-state index in [1.807, 2.05) is 62.4 Å². The van der Waals surface area contributed by atoms with Crippen LogP contribution in [0.2, 0.25) is 0 Å². The number of ether oxygens (including phenoxy) is 2. The molecule has 2 aromatic carbocycles. The lowest BCUT2D eigenvalue weighted by molar-refractivity contribution is -0.113. The Morgan fingerprint density at radius 1 is 1.07 bits per heavy atom. The van der Waals surface area contributed by atoms with E-state index in [9.17, 15) is 4.79 Å². The van der Waals surface area contributed by atoms with Gasteiger partial charge >= 0.3 is 0 Å². The van der Waals surface area contributed by atoms with Crippen LogP contribution in [0.5, 0.6) is 11.5 Å². The number of anilines is 1.